The maximum atomic E-state index is 10.2. The molecule has 3 aliphatic rings. The van der Waals surface area contributed by atoms with Crippen molar-refractivity contribution in [2.24, 2.45) is 0 Å². The number of anilines is 1. The van der Waals surface area contributed by atoms with Gasteiger partial charge < -0.3 is 14.8 Å². The first-order valence-corrected chi connectivity index (χ1v) is 10.3. The van der Waals surface area contributed by atoms with Crippen LogP contribution in [-0.2, 0) is 0 Å². The first-order chi connectivity index (χ1) is 14.1. The SMILES string of the molecule is C[C@]1(O)CC[C@@H](Nc2ncc3c(n2)C2N[C@H]2C=C3c2ccc3nccn3c2)CC1. The Morgan fingerprint density at radius 3 is 2.97 bits per heavy atom. The fraction of sp³-hybridized carbons (Fsp3) is 0.409. The highest BCUT2D eigenvalue weighted by Crippen LogP contribution is 2.43. The molecule has 0 spiro atoms. The number of rotatable bonds is 3. The molecule has 1 aliphatic heterocycles. The van der Waals surface area contributed by atoms with E-state index in [0.29, 0.717) is 18.0 Å². The highest BCUT2D eigenvalue weighted by Gasteiger charge is 2.43. The Morgan fingerprint density at radius 1 is 1.24 bits per heavy atom. The predicted molar refractivity (Wildman–Crippen MR) is 110 cm³/mol. The van der Waals surface area contributed by atoms with Gasteiger partial charge in [-0.1, -0.05) is 6.08 Å². The van der Waals surface area contributed by atoms with Crippen molar-refractivity contribution in [3.8, 4) is 0 Å². The summed E-state index contributed by atoms with van der Waals surface area (Å²) in [5.74, 6) is 0.689. The van der Waals surface area contributed by atoms with Crippen molar-refractivity contribution >= 4 is 17.2 Å². The summed E-state index contributed by atoms with van der Waals surface area (Å²) in [5.41, 5.74) is 4.88. The van der Waals surface area contributed by atoms with Crippen LogP contribution in [-0.4, -0.2) is 42.1 Å². The van der Waals surface area contributed by atoms with E-state index >= 15 is 0 Å². The highest BCUT2D eigenvalue weighted by atomic mass is 16.3. The molecule has 0 bridgehead atoms. The summed E-state index contributed by atoms with van der Waals surface area (Å²) in [6, 6.07) is 5.08. The summed E-state index contributed by atoms with van der Waals surface area (Å²) in [6.45, 7) is 1.92. The number of nitrogens with zero attached hydrogens (tertiary/aromatic N) is 4. The van der Waals surface area contributed by atoms with E-state index < -0.39 is 5.60 Å². The lowest BCUT2D eigenvalue weighted by molar-refractivity contribution is 0.0195. The minimum Gasteiger partial charge on any atom is -0.390 e. The number of aliphatic hydroxyl groups is 1. The van der Waals surface area contributed by atoms with Gasteiger partial charge in [0.1, 0.15) is 5.65 Å². The Balaban J connectivity index is 1.30. The Kier molecular flexibility index (Phi) is 3.61. The lowest BCUT2D eigenvalue weighted by atomic mass is 9.84. The van der Waals surface area contributed by atoms with Crippen LogP contribution in [0.4, 0.5) is 5.95 Å². The van der Waals surface area contributed by atoms with Crippen molar-refractivity contribution in [3.05, 3.63) is 59.8 Å². The fourth-order valence-corrected chi connectivity index (χ4v) is 4.62. The molecule has 2 atom stereocenters. The van der Waals surface area contributed by atoms with Crippen LogP contribution in [0.1, 0.15) is 55.5 Å². The van der Waals surface area contributed by atoms with Crippen LogP contribution in [0.15, 0.2) is 43.0 Å². The van der Waals surface area contributed by atoms with Gasteiger partial charge in [-0.15, -0.1) is 0 Å². The van der Waals surface area contributed by atoms with Crippen molar-refractivity contribution in [2.45, 2.75) is 56.3 Å². The summed E-state index contributed by atoms with van der Waals surface area (Å²) in [5, 5.41) is 17.2. The van der Waals surface area contributed by atoms with Gasteiger partial charge in [0.25, 0.3) is 0 Å². The number of nitrogens with one attached hydrogen (secondary N) is 2. The molecule has 0 aromatic carbocycles. The second kappa shape index (κ2) is 6.11. The zero-order valence-electron chi connectivity index (χ0n) is 16.3. The van der Waals surface area contributed by atoms with E-state index in [1.807, 2.05) is 36.0 Å². The molecule has 1 saturated heterocycles. The third-order valence-electron chi connectivity index (χ3n) is 6.47. The molecule has 29 heavy (non-hydrogen) atoms. The van der Waals surface area contributed by atoms with E-state index in [1.54, 1.807) is 0 Å². The zero-order chi connectivity index (χ0) is 19.6. The monoisotopic (exact) mass is 388 g/mol. The van der Waals surface area contributed by atoms with Crippen LogP contribution in [0.5, 0.6) is 0 Å². The Bertz CT molecular complexity index is 1120. The van der Waals surface area contributed by atoms with Crippen molar-refractivity contribution in [1.29, 1.82) is 0 Å². The number of imidazole rings is 1. The Hall–Kier alpha value is -2.77. The molecule has 2 aliphatic carbocycles. The molecule has 0 radical (unpaired) electrons. The van der Waals surface area contributed by atoms with Crippen LogP contribution in [0.3, 0.4) is 0 Å². The smallest absolute Gasteiger partial charge is 0.223 e. The summed E-state index contributed by atoms with van der Waals surface area (Å²) in [4.78, 5) is 13.8. The lowest BCUT2D eigenvalue weighted by Gasteiger charge is -2.33. The van der Waals surface area contributed by atoms with Crippen molar-refractivity contribution < 1.29 is 5.11 Å². The maximum Gasteiger partial charge on any atom is 0.223 e. The van der Waals surface area contributed by atoms with E-state index in [4.69, 9.17) is 4.98 Å². The number of hydrogen-bond acceptors (Lipinski definition) is 6. The molecule has 2 fully saturated rings. The number of pyridine rings is 1. The average Bonchev–Trinajstić information content (AvgIpc) is 3.36. The summed E-state index contributed by atoms with van der Waals surface area (Å²) < 4.78 is 2.04. The fourth-order valence-electron chi connectivity index (χ4n) is 4.62. The second-order valence-corrected chi connectivity index (χ2v) is 8.77. The molecule has 148 valence electrons. The minimum absolute atomic E-state index is 0.279. The number of hydrogen-bond donors (Lipinski definition) is 3. The second-order valence-electron chi connectivity index (χ2n) is 8.77. The van der Waals surface area contributed by atoms with Gasteiger partial charge in [-0.2, -0.15) is 0 Å². The molecule has 6 rings (SSSR count). The predicted octanol–water partition coefficient (Wildman–Crippen LogP) is 2.69. The topological polar surface area (TPSA) is 97.3 Å². The summed E-state index contributed by atoms with van der Waals surface area (Å²) >= 11 is 0. The molecule has 0 amide bonds. The molecule has 3 aromatic rings. The van der Waals surface area contributed by atoms with Crippen LogP contribution in [0, 0.1) is 0 Å². The van der Waals surface area contributed by atoms with Crippen molar-refractivity contribution in [3.63, 3.8) is 0 Å². The standard InChI is InChI=1S/C22H24N6O/c1-22(29)6-4-14(5-7-22)25-21-24-11-16-15(10-17-20(26-17)19(16)27-21)13-2-3-18-23-8-9-28(18)12-13/h2-3,8-12,14,17,20,26,29H,4-7H2,1H3,(H,24,25,27)/t14-,17-,20?,22+/m0/s1. The van der Waals surface area contributed by atoms with E-state index in [-0.39, 0.29) is 6.04 Å². The van der Waals surface area contributed by atoms with Crippen LogP contribution >= 0.6 is 0 Å². The number of aromatic nitrogens is 4. The van der Waals surface area contributed by atoms with Crippen molar-refractivity contribution in [2.75, 3.05) is 5.32 Å². The first kappa shape index (κ1) is 17.1. The van der Waals surface area contributed by atoms with Crippen LogP contribution in [0.25, 0.3) is 11.2 Å². The average molecular weight is 388 g/mol. The molecule has 4 heterocycles. The molecule has 1 saturated carbocycles. The Morgan fingerprint density at radius 2 is 2.10 bits per heavy atom. The van der Waals surface area contributed by atoms with E-state index in [1.165, 1.54) is 5.57 Å². The molecule has 7 nitrogen and oxygen atoms in total. The molecule has 3 aromatic heterocycles. The van der Waals surface area contributed by atoms with Gasteiger partial charge in [-0.05, 0) is 55.9 Å². The van der Waals surface area contributed by atoms with Crippen LogP contribution in [0.2, 0.25) is 0 Å². The minimum atomic E-state index is -0.532. The van der Waals surface area contributed by atoms with Crippen molar-refractivity contribution in [1.82, 2.24) is 24.7 Å². The van der Waals surface area contributed by atoms with Gasteiger partial charge in [-0.25, -0.2) is 15.0 Å². The molecular formula is C22H24N6O. The van der Waals surface area contributed by atoms with Gasteiger partial charge >= 0.3 is 0 Å². The van der Waals surface area contributed by atoms with Gasteiger partial charge in [0, 0.05) is 42.4 Å². The van der Waals surface area contributed by atoms with Gasteiger partial charge in [0.15, 0.2) is 0 Å². The van der Waals surface area contributed by atoms with E-state index in [0.717, 1.165) is 48.2 Å². The number of fused-ring (bicyclic) bond motifs is 4. The van der Waals surface area contributed by atoms with Crippen LogP contribution < -0.4 is 10.6 Å². The molecule has 7 heteroatoms. The summed E-state index contributed by atoms with van der Waals surface area (Å²) in [6.07, 6.45) is 13.6. The van der Waals surface area contributed by atoms with E-state index in [9.17, 15) is 5.11 Å². The molecule has 1 unspecified atom stereocenters. The quantitative estimate of drug-likeness (QED) is 0.597. The largest absolute Gasteiger partial charge is 0.390 e. The third-order valence-corrected chi connectivity index (χ3v) is 6.47. The zero-order valence-corrected chi connectivity index (χ0v) is 16.3. The maximum absolute atomic E-state index is 10.2. The van der Waals surface area contributed by atoms with E-state index in [2.05, 4.69) is 38.9 Å². The van der Waals surface area contributed by atoms with Gasteiger partial charge in [0.05, 0.1) is 17.3 Å². The Labute approximate surface area is 168 Å². The first-order valence-electron chi connectivity index (χ1n) is 10.3. The van der Waals surface area contributed by atoms with Gasteiger partial charge in [-0.3, -0.25) is 5.32 Å². The summed E-state index contributed by atoms with van der Waals surface area (Å²) in [7, 11) is 0. The third kappa shape index (κ3) is 3.01. The lowest BCUT2D eigenvalue weighted by Crippen LogP contribution is -2.36. The normalized spacial score (nSPS) is 30.4. The molecule has 3 N–H and O–H groups in total. The highest BCUT2D eigenvalue weighted by molar-refractivity contribution is 5.84. The van der Waals surface area contributed by atoms with Gasteiger partial charge in [0.2, 0.25) is 5.95 Å². The molecular weight excluding hydrogens is 364 g/mol.